The van der Waals surface area contributed by atoms with Crippen LogP contribution in [-0.2, 0) is 20.4 Å². The molecule has 0 aliphatic rings. The van der Waals surface area contributed by atoms with Crippen LogP contribution >= 0.6 is 10.7 Å². The van der Waals surface area contributed by atoms with Crippen molar-refractivity contribution < 1.29 is 13.2 Å². The Morgan fingerprint density at radius 3 is 2.53 bits per heavy atom. The van der Waals surface area contributed by atoms with Crippen LogP contribution in [0, 0.1) is 0 Å². The topological polar surface area (TPSA) is 132 Å². The second kappa shape index (κ2) is 4.72. The first-order chi connectivity index (χ1) is 7.71. The molecule has 0 aromatic carbocycles. The van der Waals surface area contributed by atoms with E-state index in [0.29, 0.717) is 0 Å². The maximum atomic E-state index is 11.2. The van der Waals surface area contributed by atoms with Crippen molar-refractivity contribution in [2.75, 3.05) is 0 Å². The fourth-order valence-electron chi connectivity index (χ4n) is 1.06. The summed E-state index contributed by atoms with van der Waals surface area (Å²) >= 11 is 0. The van der Waals surface area contributed by atoms with Gasteiger partial charge in [0.05, 0.1) is 0 Å². The van der Waals surface area contributed by atoms with E-state index in [1.165, 1.54) is 0 Å². The molecule has 1 amide bonds. The molecule has 0 aliphatic heterocycles. The molecule has 0 aliphatic carbocycles. The average molecular weight is 282 g/mol. The quantitative estimate of drug-likeness (QED) is 0.637. The van der Waals surface area contributed by atoms with E-state index in [4.69, 9.17) is 16.4 Å². The molecule has 1 heterocycles. The summed E-state index contributed by atoms with van der Waals surface area (Å²) in [5.41, 5.74) is 2.92. The molecule has 1 aromatic rings. The number of halogens is 1. The van der Waals surface area contributed by atoms with Crippen LogP contribution in [0.15, 0.2) is 20.7 Å². The molecule has 0 fully saturated rings. The van der Waals surface area contributed by atoms with Gasteiger partial charge in [-0.2, -0.15) is 0 Å². The van der Waals surface area contributed by atoms with Gasteiger partial charge in [0.2, 0.25) is 5.91 Å². The highest BCUT2D eigenvalue weighted by Gasteiger charge is 2.17. The van der Waals surface area contributed by atoms with Gasteiger partial charge in [0.25, 0.3) is 14.6 Å². The number of amides is 1. The van der Waals surface area contributed by atoms with E-state index in [-0.39, 0.29) is 13.0 Å². The lowest BCUT2D eigenvalue weighted by molar-refractivity contribution is -0.118. The van der Waals surface area contributed by atoms with Crippen LogP contribution < -0.4 is 17.0 Å². The number of aryl methyl sites for hydroxylation is 1. The molecule has 17 heavy (non-hydrogen) atoms. The molecule has 0 saturated carbocycles. The van der Waals surface area contributed by atoms with Crippen LogP contribution in [0.5, 0.6) is 0 Å². The lowest BCUT2D eigenvalue weighted by Crippen LogP contribution is -2.33. The van der Waals surface area contributed by atoms with E-state index in [0.717, 1.165) is 10.8 Å². The normalized spacial score (nSPS) is 11.4. The third kappa shape index (κ3) is 3.43. The first-order valence-corrected chi connectivity index (χ1v) is 6.59. The van der Waals surface area contributed by atoms with Crippen LogP contribution in [-0.4, -0.2) is 23.9 Å². The fourth-order valence-corrected chi connectivity index (χ4v) is 1.92. The number of nitrogens with zero attached hydrogens (tertiary/aromatic N) is 1. The van der Waals surface area contributed by atoms with Crippen molar-refractivity contribution in [1.82, 2.24) is 9.55 Å². The number of hydrogen-bond donors (Lipinski definition) is 2. The van der Waals surface area contributed by atoms with Gasteiger partial charge >= 0.3 is 5.69 Å². The lowest BCUT2D eigenvalue weighted by atomic mass is 10.4. The van der Waals surface area contributed by atoms with Gasteiger partial charge in [0.15, 0.2) is 4.90 Å². The van der Waals surface area contributed by atoms with E-state index < -0.39 is 31.1 Å². The molecule has 0 spiro atoms. The Morgan fingerprint density at radius 2 is 2.06 bits per heavy atom. The summed E-state index contributed by atoms with van der Waals surface area (Å²) in [7, 11) is 0.737. The number of carbonyl (C=O) groups excluding carboxylic acids is 1. The van der Waals surface area contributed by atoms with Crippen molar-refractivity contribution in [1.29, 1.82) is 0 Å². The first-order valence-electron chi connectivity index (χ1n) is 4.28. The second-order valence-corrected chi connectivity index (χ2v) is 5.63. The summed E-state index contributed by atoms with van der Waals surface area (Å²) in [5.74, 6) is -0.668. The predicted octanol–water partition coefficient (Wildman–Crippen LogP) is -1.66. The van der Waals surface area contributed by atoms with Gasteiger partial charge in [-0.3, -0.25) is 19.1 Å². The van der Waals surface area contributed by atoms with E-state index in [1.807, 2.05) is 0 Å². The summed E-state index contributed by atoms with van der Waals surface area (Å²) in [6.07, 6.45) is 0.597. The van der Waals surface area contributed by atoms with Crippen molar-refractivity contribution in [3.8, 4) is 0 Å². The number of hydrogen-bond acceptors (Lipinski definition) is 5. The smallest absolute Gasteiger partial charge is 0.328 e. The Labute approximate surface area is 99.4 Å². The van der Waals surface area contributed by atoms with Crippen molar-refractivity contribution in [2.24, 2.45) is 5.73 Å². The maximum Gasteiger partial charge on any atom is 0.328 e. The van der Waals surface area contributed by atoms with Crippen LogP contribution in [0.1, 0.15) is 6.42 Å². The Kier molecular flexibility index (Phi) is 3.73. The van der Waals surface area contributed by atoms with Crippen LogP contribution in [0.25, 0.3) is 0 Å². The number of primary amides is 1. The Morgan fingerprint density at radius 1 is 1.47 bits per heavy atom. The van der Waals surface area contributed by atoms with E-state index in [9.17, 15) is 22.8 Å². The minimum absolute atomic E-state index is 0.148. The number of nitrogens with one attached hydrogen (secondary N) is 1. The van der Waals surface area contributed by atoms with E-state index in [1.54, 1.807) is 4.98 Å². The molecule has 0 bridgehead atoms. The van der Waals surface area contributed by atoms with Crippen LogP contribution in [0.4, 0.5) is 0 Å². The zero-order chi connectivity index (χ0) is 13.2. The van der Waals surface area contributed by atoms with Crippen molar-refractivity contribution in [2.45, 2.75) is 17.9 Å². The van der Waals surface area contributed by atoms with E-state index >= 15 is 0 Å². The largest absolute Gasteiger partial charge is 0.370 e. The third-order valence-electron chi connectivity index (χ3n) is 1.84. The molecule has 0 atom stereocenters. The summed E-state index contributed by atoms with van der Waals surface area (Å²) in [6.45, 7) is -0.148. The number of aromatic amines is 1. The monoisotopic (exact) mass is 281 g/mol. The van der Waals surface area contributed by atoms with Crippen molar-refractivity contribution >= 4 is 25.6 Å². The molecule has 94 valence electrons. The SMILES string of the molecule is NC(=O)CCn1cc(S(=O)(=O)Cl)c(=O)[nH]c1=O. The molecular formula is C7H8ClN3O5S. The maximum absolute atomic E-state index is 11.2. The third-order valence-corrected chi connectivity index (χ3v) is 3.15. The highest BCUT2D eigenvalue weighted by Crippen LogP contribution is 2.07. The predicted molar refractivity (Wildman–Crippen MR) is 58.2 cm³/mol. The zero-order valence-corrected chi connectivity index (χ0v) is 9.92. The van der Waals surface area contributed by atoms with Gasteiger partial charge in [-0.15, -0.1) is 0 Å². The molecule has 8 nitrogen and oxygen atoms in total. The molecule has 0 radical (unpaired) electrons. The second-order valence-electron chi connectivity index (χ2n) is 3.10. The average Bonchev–Trinajstić information content (AvgIpc) is 2.13. The number of H-pyrrole nitrogens is 1. The molecule has 1 aromatic heterocycles. The molecular weight excluding hydrogens is 274 g/mol. The Bertz CT molecular complexity index is 659. The number of nitrogens with two attached hydrogens (primary N) is 1. The number of carbonyl (C=O) groups is 1. The van der Waals surface area contributed by atoms with Crippen molar-refractivity contribution in [3.63, 3.8) is 0 Å². The molecule has 10 heteroatoms. The summed E-state index contributed by atoms with van der Waals surface area (Å²) in [4.78, 5) is 33.9. The minimum atomic E-state index is -4.26. The molecule has 0 unspecified atom stereocenters. The number of rotatable bonds is 4. The minimum Gasteiger partial charge on any atom is -0.370 e. The molecule has 0 saturated heterocycles. The summed E-state index contributed by atoms with van der Waals surface area (Å²) < 4.78 is 22.8. The Hall–Kier alpha value is -1.61. The molecule has 1 rings (SSSR count). The number of aromatic nitrogens is 2. The van der Waals surface area contributed by atoms with Gasteiger partial charge < -0.3 is 5.73 Å². The van der Waals surface area contributed by atoms with Gasteiger partial charge in [-0.25, -0.2) is 13.2 Å². The van der Waals surface area contributed by atoms with Crippen LogP contribution in [0.3, 0.4) is 0 Å². The fraction of sp³-hybridized carbons (Fsp3) is 0.286. The summed E-state index contributed by atoms with van der Waals surface area (Å²) in [6, 6.07) is 0. The standard InChI is InChI=1S/C7H8ClN3O5S/c8-17(15,16)4-3-11(2-1-5(9)12)7(14)10-6(4)13/h3H,1-2H2,(H2,9,12)(H,10,13,14). The van der Waals surface area contributed by atoms with Gasteiger partial charge in [-0.05, 0) is 0 Å². The summed E-state index contributed by atoms with van der Waals surface area (Å²) in [5, 5.41) is 0. The highest BCUT2D eigenvalue weighted by molar-refractivity contribution is 8.13. The van der Waals surface area contributed by atoms with E-state index in [2.05, 4.69) is 0 Å². The van der Waals surface area contributed by atoms with Gasteiger partial charge in [0.1, 0.15) is 0 Å². The lowest BCUT2D eigenvalue weighted by Gasteiger charge is -2.04. The van der Waals surface area contributed by atoms with Gasteiger partial charge in [0, 0.05) is 29.8 Å². The molecule has 3 N–H and O–H groups in total. The highest BCUT2D eigenvalue weighted by atomic mass is 35.7. The van der Waals surface area contributed by atoms with Crippen LogP contribution in [0.2, 0.25) is 0 Å². The van der Waals surface area contributed by atoms with Gasteiger partial charge in [-0.1, -0.05) is 0 Å². The zero-order valence-electron chi connectivity index (χ0n) is 8.34. The van der Waals surface area contributed by atoms with Crippen molar-refractivity contribution in [3.05, 3.63) is 27.0 Å². The Balaban J connectivity index is 3.30. The first kappa shape index (κ1) is 13.5.